The molecule has 3 atom stereocenters. The number of carbonyl (C=O) groups excluding carboxylic acids is 1. The fraction of sp³-hybridized carbons (Fsp3) is 0.897. The lowest BCUT2D eigenvalue weighted by molar-refractivity contribution is -0.124. The largest absolute Gasteiger partial charge is 0.394 e. The van der Waals surface area contributed by atoms with Crippen LogP contribution in [0, 0.1) is 0 Å². The second kappa shape index (κ2) is 25.2. The molecule has 0 radical (unpaired) electrons. The molecule has 0 saturated heterocycles. The van der Waals surface area contributed by atoms with Crippen LogP contribution in [0.5, 0.6) is 0 Å². The summed E-state index contributed by atoms with van der Waals surface area (Å²) in [5.41, 5.74) is 0. The number of allylic oxidation sites excluding steroid dienone is 2. The third-order valence-electron chi connectivity index (χ3n) is 6.62. The molecule has 1 amide bonds. The lowest BCUT2D eigenvalue weighted by Gasteiger charge is -2.26. The normalized spacial score (nSPS) is 14.4. The maximum atomic E-state index is 12.2. The lowest BCUT2D eigenvalue weighted by atomic mass is 9.99. The minimum absolute atomic E-state index is 0.160. The van der Waals surface area contributed by atoms with E-state index in [1.54, 1.807) is 0 Å². The van der Waals surface area contributed by atoms with Crippen molar-refractivity contribution in [1.82, 2.24) is 5.32 Å². The Bertz CT molecular complexity index is 469. The minimum atomic E-state index is -1.13. The van der Waals surface area contributed by atoms with Crippen LogP contribution in [0.2, 0.25) is 0 Å². The Morgan fingerprint density at radius 3 is 1.76 bits per heavy atom. The molecule has 0 heterocycles. The van der Waals surface area contributed by atoms with E-state index in [1.165, 1.54) is 70.6 Å². The van der Waals surface area contributed by atoms with Gasteiger partial charge in [0.25, 0.3) is 0 Å². The Hall–Kier alpha value is -0.910. The highest BCUT2D eigenvalue weighted by Gasteiger charge is 2.26. The van der Waals surface area contributed by atoms with Crippen molar-refractivity contribution < 1.29 is 20.1 Å². The highest BCUT2D eigenvalue weighted by atomic mass is 16.3. The molecule has 0 aromatic heterocycles. The van der Waals surface area contributed by atoms with E-state index in [0.29, 0.717) is 12.8 Å². The predicted molar refractivity (Wildman–Crippen MR) is 144 cm³/mol. The van der Waals surface area contributed by atoms with Crippen molar-refractivity contribution in [3.05, 3.63) is 12.2 Å². The molecule has 0 aromatic rings. The first-order valence-electron chi connectivity index (χ1n) is 14.5. The van der Waals surface area contributed by atoms with Gasteiger partial charge in [-0.1, -0.05) is 109 Å². The molecule has 4 N–H and O–H groups in total. The molecule has 0 aliphatic carbocycles. The Balaban J connectivity index is 3.80. The summed E-state index contributed by atoms with van der Waals surface area (Å²) in [5.74, 6) is -0.160. The van der Waals surface area contributed by atoms with Gasteiger partial charge in [-0.05, 0) is 38.5 Å². The molecule has 0 fully saturated rings. The van der Waals surface area contributed by atoms with Crippen LogP contribution in [0.3, 0.4) is 0 Å². The maximum absolute atomic E-state index is 12.2. The predicted octanol–water partition coefficient (Wildman–Crippen LogP) is 6.58. The summed E-state index contributed by atoms with van der Waals surface area (Å²) >= 11 is 0. The number of amides is 1. The molecular formula is C29H57NO4. The Morgan fingerprint density at radius 1 is 0.706 bits per heavy atom. The zero-order chi connectivity index (χ0) is 25.3. The van der Waals surface area contributed by atoms with Crippen molar-refractivity contribution in [3.63, 3.8) is 0 Å². The van der Waals surface area contributed by atoms with Crippen LogP contribution in [0.4, 0.5) is 0 Å². The van der Waals surface area contributed by atoms with Gasteiger partial charge in [-0.3, -0.25) is 4.79 Å². The van der Waals surface area contributed by atoms with E-state index in [-0.39, 0.29) is 12.5 Å². The quantitative estimate of drug-likeness (QED) is 0.0871. The summed E-state index contributed by atoms with van der Waals surface area (Å²) in [7, 11) is 0. The first kappa shape index (κ1) is 33.1. The molecule has 0 aliphatic heterocycles. The SMILES string of the molecule is CCCCC/C=C\CCCCCCCC(=O)NC(CO)C(O)C(O)CCCCCCCCCC. The second-order valence-electron chi connectivity index (χ2n) is 9.95. The molecular weight excluding hydrogens is 426 g/mol. The van der Waals surface area contributed by atoms with Crippen LogP contribution in [-0.2, 0) is 4.79 Å². The fourth-order valence-corrected chi connectivity index (χ4v) is 4.27. The van der Waals surface area contributed by atoms with E-state index < -0.39 is 18.2 Å². The summed E-state index contributed by atoms with van der Waals surface area (Å²) in [6.45, 7) is 4.07. The fourth-order valence-electron chi connectivity index (χ4n) is 4.27. The van der Waals surface area contributed by atoms with Crippen LogP contribution in [0.1, 0.15) is 142 Å². The molecule has 5 nitrogen and oxygen atoms in total. The number of hydrogen-bond acceptors (Lipinski definition) is 4. The highest BCUT2D eigenvalue weighted by molar-refractivity contribution is 5.76. The van der Waals surface area contributed by atoms with Gasteiger partial charge in [0.05, 0.1) is 18.8 Å². The van der Waals surface area contributed by atoms with Crippen molar-refractivity contribution >= 4 is 5.91 Å². The van der Waals surface area contributed by atoms with Crippen molar-refractivity contribution in [2.24, 2.45) is 0 Å². The number of nitrogens with one attached hydrogen (secondary N) is 1. The van der Waals surface area contributed by atoms with Crippen LogP contribution in [0.25, 0.3) is 0 Å². The molecule has 3 unspecified atom stereocenters. The summed E-state index contributed by atoms with van der Waals surface area (Å²) in [5, 5.41) is 32.9. The molecule has 0 aliphatic rings. The number of unbranched alkanes of at least 4 members (excludes halogenated alkanes) is 15. The molecule has 0 saturated carbocycles. The van der Waals surface area contributed by atoms with Gasteiger partial charge in [0, 0.05) is 6.42 Å². The zero-order valence-electron chi connectivity index (χ0n) is 22.5. The molecule has 0 bridgehead atoms. The van der Waals surface area contributed by atoms with Gasteiger partial charge in [0.15, 0.2) is 0 Å². The second-order valence-corrected chi connectivity index (χ2v) is 9.95. The molecule has 34 heavy (non-hydrogen) atoms. The molecule has 0 rings (SSSR count). The summed E-state index contributed by atoms with van der Waals surface area (Å²) < 4.78 is 0. The van der Waals surface area contributed by atoms with Gasteiger partial charge in [-0.2, -0.15) is 0 Å². The highest BCUT2D eigenvalue weighted by Crippen LogP contribution is 2.14. The molecule has 5 heteroatoms. The van der Waals surface area contributed by atoms with Crippen molar-refractivity contribution in [3.8, 4) is 0 Å². The van der Waals surface area contributed by atoms with E-state index in [9.17, 15) is 20.1 Å². The van der Waals surface area contributed by atoms with E-state index in [2.05, 4.69) is 31.3 Å². The van der Waals surface area contributed by atoms with E-state index in [4.69, 9.17) is 0 Å². The Labute approximate surface area is 210 Å². The lowest BCUT2D eigenvalue weighted by Crippen LogP contribution is -2.50. The van der Waals surface area contributed by atoms with Gasteiger partial charge in [-0.25, -0.2) is 0 Å². The third-order valence-corrected chi connectivity index (χ3v) is 6.62. The van der Waals surface area contributed by atoms with E-state index in [1.807, 2.05) is 0 Å². The summed E-state index contributed by atoms with van der Waals surface area (Å²) in [6.07, 6.45) is 24.4. The standard InChI is InChI=1S/C29H57NO4/c1-3-5-7-9-11-13-14-15-16-18-20-22-24-28(33)30-26(25-31)29(34)27(32)23-21-19-17-12-10-8-6-4-2/h11,13,26-27,29,31-32,34H,3-10,12,14-25H2,1-2H3,(H,30,33)/b13-11-. The number of rotatable bonds is 25. The first-order valence-corrected chi connectivity index (χ1v) is 14.5. The van der Waals surface area contributed by atoms with Crippen LogP contribution >= 0.6 is 0 Å². The number of aliphatic hydroxyl groups excluding tert-OH is 3. The Kier molecular flexibility index (Phi) is 24.5. The Morgan fingerprint density at radius 2 is 1.18 bits per heavy atom. The van der Waals surface area contributed by atoms with Crippen LogP contribution in [-0.4, -0.2) is 46.1 Å². The molecule has 0 spiro atoms. The van der Waals surface area contributed by atoms with Gasteiger partial charge in [-0.15, -0.1) is 0 Å². The minimum Gasteiger partial charge on any atom is -0.394 e. The topological polar surface area (TPSA) is 89.8 Å². The number of hydrogen-bond donors (Lipinski definition) is 4. The van der Waals surface area contributed by atoms with Crippen molar-refractivity contribution in [2.45, 2.75) is 161 Å². The first-order chi connectivity index (χ1) is 16.6. The number of carbonyl (C=O) groups is 1. The van der Waals surface area contributed by atoms with Gasteiger partial charge >= 0.3 is 0 Å². The molecule has 202 valence electrons. The third kappa shape index (κ3) is 20.5. The average Bonchev–Trinajstić information content (AvgIpc) is 2.84. The maximum Gasteiger partial charge on any atom is 0.220 e. The number of aliphatic hydroxyl groups is 3. The van der Waals surface area contributed by atoms with E-state index >= 15 is 0 Å². The summed E-state index contributed by atoms with van der Waals surface area (Å²) in [6, 6.07) is -0.805. The van der Waals surface area contributed by atoms with Crippen molar-refractivity contribution in [2.75, 3.05) is 6.61 Å². The van der Waals surface area contributed by atoms with Gasteiger partial charge in [0.1, 0.15) is 6.10 Å². The smallest absolute Gasteiger partial charge is 0.220 e. The average molecular weight is 484 g/mol. The monoisotopic (exact) mass is 483 g/mol. The van der Waals surface area contributed by atoms with E-state index in [0.717, 1.165) is 44.9 Å². The van der Waals surface area contributed by atoms with Crippen LogP contribution in [0.15, 0.2) is 12.2 Å². The van der Waals surface area contributed by atoms with Gasteiger partial charge < -0.3 is 20.6 Å². The summed E-state index contributed by atoms with van der Waals surface area (Å²) in [4.78, 5) is 12.2. The van der Waals surface area contributed by atoms with Gasteiger partial charge in [0.2, 0.25) is 5.91 Å². The van der Waals surface area contributed by atoms with Crippen molar-refractivity contribution in [1.29, 1.82) is 0 Å². The molecule has 0 aromatic carbocycles. The van der Waals surface area contributed by atoms with Crippen LogP contribution < -0.4 is 5.32 Å². The zero-order valence-corrected chi connectivity index (χ0v) is 22.5.